The van der Waals surface area contributed by atoms with Crippen molar-refractivity contribution in [2.24, 2.45) is 0 Å². The summed E-state index contributed by atoms with van der Waals surface area (Å²) in [5, 5.41) is 13.9. The Morgan fingerprint density at radius 3 is 2.79 bits per heavy atom. The van der Waals surface area contributed by atoms with Crippen molar-refractivity contribution in [2.75, 3.05) is 24.5 Å². The number of β-amino-alcohol motifs (C(OH)–C–C–N with tert-alkyl or cyclic N) is 1. The number of hydrogen-bond acceptors (Lipinski definition) is 7. The maximum atomic E-state index is 10.0. The molecule has 128 valence electrons. The summed E-state index contributed by atoms with van der Waals surface area (Å²) in [5.74, 6) is 2.27. The second-order valence-electron chi connectivity index (χ2n) is 6.73. The van der Waals surface area contributed by atoms with Crippen molar-refractivity contribution in [3.8, 4) is 0 Å². The first-order valence-electron chi connectivity index (χ1n) is 8.61. The maximum absolute atomic E-state index is 10.0. The fraction of sp³-hybridized carbons (Fsp3) is 0.588. The Kier molecular flexibility index (Phi) is 4.20. The van der Waals surface area contributed by atoms with Gasteiger partial charge in [-0.15, -0.1) is 0 Å². The molecule has 4 rings (SSSR count). The second-order valence-corrected chi connectivity index (χ2v) is 6.73. The van der Waals surface area contributed by atoms with E-state index in [0.29, 0.717) is 24.7 Å². The first kappa shape index (κ1) is 15.5. The highest BCUT2D eigenvalue weighted by Gasteiger charge is 2.35. The Morgan fingerprint density at radius 2 is 2.12 bits per heavy atom. The molecule has 2 aromatic rings. The van der Waals surface area contributed by atoms with E-state index in [9.17, 15) is 5.11 Å². The quantitative estimate of drug-likeness (QED) is 0.914. The van der Waals surface area contributed by atoms with Crippen LogP contribution in [0.4, 0.5) is 5.82 Å². The maximum Gasteiger partial charge on any atom is 0.244 e. The number of aliphatic hydroxyl groups excluding tert-OH is 1. The van der Waals surface area contributed by atoms with Crippen LogP contribution in [0.5, 0.6) is 0 Å². The molecule has 0 bridgehead atoms. The van der Waals surface area contributed by atoms with E-state index in [1.807, 2.05) is 13.1 Å². The molecule has 0 spiro atoms. The third-order valence-electron chi connectivity index (χ3n) is 4.83. The summed E-state index contributed by atoms with van der Waals surface area (Å²) in [6, 6.07) is 4.19. The Hall–Kier alpha value is -1.99. The molecule has 0 aliphatic carbocycles. The van der Waals surface area contributed by atoms with Gasteiger partial charge in [0.1, 0.15) is 5.82 Å². The van der Waals surface area contributed by atoms with E-state index < -0.39 is 0 Å². The van der Waals surface area contributed by atoms with Crippen LogP contribution in [0.1, 0.15) is 42.6 Å². The smallest absolute Gasteiger partial charge is 0.244 e. The molecule has 7 heteroatoms. The number of likely N-dealkylation sites (tertiary alicyclic amines) is 1. The zero-order valence-corrected chi connectivity index (χ0v) is 13.9. The molecule has 2 aliphatic rings. The normalized spacial score (nSPS) is 24.8. The number of aromatic nitrogens is 3. The average molecular weight is 329 g/mol. The van der Waals surface area contributed by atoms with E-state index in [0.717, 1.165) is 31.0 Å². The van der Waals surface area contributed by atoms with Crippen molar-refractivity contribution in [3.05, 3.63) is 35.6 Å². The van der Waals surface area contributed by atoms with E-state index in [1.54, 1.807) is 0 Å². The van der Waals surface area contributed by atoms with Gasteiger partial charge in [-0.2, -0.15) is 4.98 Å². The topological polar surface area (TPSA) is 78.5 Å². The van der Waals surface area contributed by atoms with Crippen LogP contribution in [0.15, 0.2) is 22.9 Å². The molecule has 24 heavy (non-hydrogen) atoms. The van der Waals surface area contributed by atoms with Gasteiger partial charge in [0.25, 0.3) is 0 Å². The summed E-state index contributed by atoms with van der Waals surface area (Å²) in [6.07, 6.45) is 4.70. The van der Waals surface area contributed by atoms with Crippen molar-refractivity contribution in [1.82, 2.24) is 20.0 Å². The van der Waals surface area contributed by atoms with Crippen LogP contribution in [0.2, 0.25) is 0 Å². The Bertz CT molecular complexity index is 681. The number of hydrogen-bond donors (Lipinski definition) is 1. The number of pyridine rings is 1. The van der Waals surface area contributed by atoms with Gasteiger partial charge in [0.05, 0.1) is 12.1 Å². The van der Waals surface area contributed by atoms with Crippen LogP contribution in [0.25, 0.3) is 0 Å². The van der Waals surface area contributed by atoms with Crippen LogP contribution >= 0.6 is 0 Å². The molecular weight excluding hydrogens is 306 g/mol. The number of aryl methyl sites for hydroxylation is 1. The molecule has 2 fully saturated rings. The molecule has 7 nitrogen and oxygen atoms in total. The first-order valence-corrected chi connectivity index (χ1v) is 8.61. The zero-order chi connectivity index (χ0) is 16.5. The average Bonchev–Trinajstić information content (AvgIpc) is 3.30. The molecule has 4 heterocycles. The second kappa shape index (κ2) is 6.49. The van der Waals surface area contributed by atoms with E-state index >= 15 is 0 Å². The van der Waals surface area contributed by atoms with E-state index in [1.165, 1.54) is 12.8 Å². The molecule has 0 radical (unpaired) electrons. The number of anilines is 1. The van der Waals surface area contributed by atoms with Crippen LogP contribution in [0, 0.1) is 6.92 Å². The van der Waals surface area contributed by atoms with Crippen LogP contribution in [-0.4, -0.2) is 50.9 Å². The largest absolute Gasteiger partial charge is 0.392 e. The third kappa shape index (κ3) is 3.14. The van der Waals surface area contributed by atoms with Gasteiger partial charge in [-0.3, -0.25) is 4.90 Å². The lowest BCUT2D eigenvalue weighted by Crippen LogP contribution is -2.25. The van der Waals surface area contributed by atoms with Crippen molar-refractivity contribution in [3.63, 3.8) is 0 Å². The summed E-state index contributed by atoms with van der Waals surface area (Å²) in [6.45, 7) is 5.34. The number of nitrogens with zero attached hydrogens (tertiary/aromatic N) is 5. The van der Waals surface area contributed by atoms with Crippen molar-refractivity contribution < 1.29 is 9.63 Å². The van der Waals surface area contributed by atoms with E-state index in [-0.39, 0.29) is 12.1 Å². The lowest BCUT2D eigenvalue weighted by molar-refractivity contribution is 0.169. The fourth-order valence-electron chi connectivity index (χ4n) is 3.64. The van der Waals surface area contributed by atoms with E-state index in [4.69, 9.17) is 4.52 Å². The Morgan fingerprint density at radius 1 is 1.29 bits per heavy atom. The van der Waals surface area contributed by atoms with Gasteiger partial charge in [0.15, 0.2) is 5.82 Å². The summed E-state index contributed by atoms with van der Waals surface area (Å²) in [5.41, 5.74) is 1.13. The molecule has 0 amide bonds. The minimum atomic E-state index is -0.362. The lowest BCUT2D eigenvalue weighted by atomic mass is 10.2. The van der Waals surface area contributed by atoms with Crippen molar-refractivity contribution in [2.45, 2.75) is 44.9 Å². The zero-order valence-electron chi connectivity index (χ0n) is 13.9. The summed E-state index contributed by atoms with van der Waals surface area (Å²) in [4.78, 5) is 13.5. The highest BCUT2D eigenvalue weighted by molar-refractivity contribution is 5.40. The van der Waals surface area contributed by atoms with Gasteiger partial charge in [-0.05, 0) is 37.8 Å². The molecular formula is C17H23N5O2. The Balaban J connectivity index is 1.46. The molecule has 0 aromatic carbocycles. The van der Waals surface area contributed by atoms with Gasteiger partial charge in [-0.25, -0.2) is 4.98 Å². The molecule has 1 N–H and O–H groups in total. The standard InChI is InChI=1S/C17H23N5O2/c1-12-19-17(24-20-12)15-8-14(23)11-22(15)10-13-4-5-16(18-9-13)21-6-2-3-7-21/h4-5,9,14-15,23H,2-3,6-8,10-11H2,1H3/t14-,15-/m1/s1. The SMILES string of the molecule is Cc1noc([C@H]2C[C@@H](O)CN2Cc2ccc(N3CCCC3)nc2)n1. The lowest BCUT2D eigenvalue weighted by Gasteiger charge is -2.22. The minimum absolute atomic E-state index is 0.0283. The van der Waals surface area contributed by atoms with Crippen molar-refractivity contribution >= 4 is 5.82 Å². The summed E-state index contributed by atoms with van der Waals surface area (Å²) in [7, 11) is 0. The van der Waals surface area contributed by atoms with Gasteiger partial charge in [-0.1, -0.05) is 11.2 Å². The van der Waals surface area contributed by atoms with Crippen LogP contribution in [-0.2, 0) is 6.54 Å². The molecule has 2 atom stereocenters. The van der Waals surface area contributed by atoms with Crippen LogP contribution < -0.4 is 4.90 Å². The third-order valence-corrected chi connectivity index (χ3v) is 4.83. The summed E-state index contributed by atoms with van der Waals surface area (Å²) >= 11 is 0. The van der Waals surface area contributed by atoms with Gasteiger partial charge in [0.2, 0.25) is 5.89 Å². The van der Waals surface area contributed by atoms with Gasteiger partial charge < -0.3 is 14.5 Å². The number of rotatable bonds is 4. The highest BCUT2D eigenvalue weighted by atomic mass is 16.5. The molecule has 2 aromatic heterocycles. The molecule has 0 unspecified atom stereocenters. The van der Waals surface area contributed by atoms with Crippen molar-refractivity contribution in [1.29, 1.82) is 0 Å². The molecule has 2 saturated heterocycles. The summed E-state index contributed by atoms with van der Waals surface area (Å²) < 4.78 is 5.31. The predicted octanol–water partition coefficient (Wildman–Crippen LogP) is 1.68. The van der Waals surface area contributed by atoms with E-state index in [2.05, 4.69) is 37.1 Å². The molecule has 2 aliphatic heterocycles. The first-order chi connectivity index (χ1) is 11.7. The minimum Gasteiger partial charge on any atom is -0.392 e. The van der Waals surface area contributed by atoms with Gasteiger partial charge >= 0.3 is 0 Å². The predicted molar refractivity (Wildman–Crippen MR) is 88.5 cm³/mol. The fourth-order valence-corrected chi connectivity index (χ4v) is 3.64. The number of aliphatic hydroxyl groups is 1. The van der Waals surface area contributed by atoms with Crippen LogP contribution in [0.3, 0.4) is 0 Å². The Labute approximate surface area is 141 Å². The highest BCUT2D eigenvalue weighted by Crippen LogP contribution is 2.32. The molecule has 0 saturated carbocycles. The monoisotopic (exact) mass is 329 g/mol. The van der Waals surface area contributed by atoms with Gasteiger partial charge in [0, 0.05) is 32.4 Å².